The summed E-state index contributed by atoms with van der Waals surface area (Å²) < 4.78 is 1.43. The van der Waals surface area contributed by atoms with Crippen LogP contribution in [-0.2, 0) is 6.54 Å². The fourth-order valence-electron chi connectivity index (χ4n) is 1.56. The third-order valence-corrected chi connectivity index (χ3v) is 2.73. The number of nitrogens with one attached hydrogen (secondary N) is 2. The van der Waals surface area contributed by atoms with Gasteiger partial charge < -0.3 is 5.32 Å². The second kappa shape index (κ2) is 5.27. The van der Waals surface area contributed by atoms with Crippen molar-refractivity contribution in [3.63, 3.8) is 0 Å². The van der Waals surface area contributed by atoms with Crippen LogP contribution in [0.15, 0.2) is 29.1 Å². The normalized spacial score (nSPS) is 10.9. The van der Waals surface area contributed by atoms with E-state index in [9.17, 15) is 4.79 Å². The standard InChI is InChI=1S/C12H15ClN4O/c1-8(2)17-12(18)15-11(16-17)7-14-10-5-3-9(13)4-6-10/h3-6,8,14H,7H2,1-2H3,(H,15,16,18). The van der Waals surface area contributed by atoms with Crippen LogP contribution in [0.2, 0.25) is 5.02 Å². The number of H-pyrrole nitrogens is 1. The van der Waals surface area contributed by atoms with Gasteiger partial charge in [-0.3, -0.25) is 4.98 Å². The van der Waals surface area contributed by atoms with E-state index >= 15 is 0 Å². The molecule has 0 aliphatic rings. The number of aromatic nitrogens is 3. The molecule has 1 aromatic carbocycles. The van der Waals surface area contributed by atoms with Crippen molar-refractivity contribution in [1.29, 1.82) is 0 Å². The second-order valence-electron chi connectivity index (χ2n) is 4.28. The number of aromatic amines is 1. The van der Waals surface area contributed by atoms with Crippen LogP contribution in [0.1, 0.15) is 25.7 Å². The van der Waals surface area contributed by atoms with E-state index in [2.05, 4.69) is 15.4 Å². The van der Waals surface area contributed by atoms with Gasteiger partial charge in [0.2, 0.25) is 0 Å². The Morgan fingerprint density at radius 3 is 2.61 bits per heavy atom. The van der Waals surface area contributed by atoms with E-state index in [0.29, 0.717) is 17.4 Å². The number of halogens is 1. The molecular formula is C12H15ClN4O. The van der Waals surface area contributed by atoms with Gasteiger partial charge in [-0.2, -0.15) is 5.10 Å². The van der Waals surface area contributed by atoms with E-state index in [4.69, 9.17) is 11.6 Å². The summed E-state index contributed by atoms with van der Waals surface area (Å²) in [7, 11) is 0. The van der Waals surface area contributed by atoms with E-state index in [1.165, 1.54) is 4.68 Å². The van der Waals surface area contributed by atoms with E-state index in [1.54, 1.807) is 12.1 Å². The van der Waals surface area contributed by atoms with E-state index in [0.717, 1.165) is 5.69 Å². The van der Waals surface area contributed by atoms with Gasteiger partial charge in [0, 0.05) is 10.7 Å². The SMILES string of the molecule is CC(C)n1nc(CNc2ccc(Cl)cc2)[nH]c1=O. The maximum absolute atomic E-state index is 11.5. The Balaban J connectivity index is 2.04. The van der Waals surface area contributed by atoms with Gasteiger partial charge in [-0.05, 0) is 38.1 Å². The minimum Gasteiger partial charge on any atom is -0.378 e. The zero-order valence-corrected chi connectivity index (χ0v) is 11.0. The van der Waals surface area contributed by atoms with Gasteiger partial charge in [0.1, 0.15) is 5.82 Å². The first-order valence-electron chi connectivity index (χ1n) is 5.73. The fraction of sp³-hybridized carbons (Fsp3) is 0.333. The maximum Gasteiger partial charge on any atom is 0.343 e. The van der Waals surface area contributed by atoms with Crippen LogP contribution in [0.5, 0.6) is 0 Å². The first-order chi connectivity index (χ1) is 8.56. The molecule has 2 rings (SSSR count). The molecule has 0 radical (unpaired) electrons. The Morgan fingerprint density at radius 1 is 1.39 bits per heavy atom. The number of anilines is 1. The van der Waals surface area contributed by atoms with Crippen molar-refractivity contribution in [1.82, 2.24) is 14.8 Å². The number of benzene rings is 1. The molecule has 2 N–H and O–H groups in total. The van der Waals surface area contributed by atoms with Crippen LogP contribution in [0.25, 0.3) is 0 Å². The van der Waals surface area contributed by atoms with Crippen LogP contribution in [0.3, 0.4) is 0 Å². The van der Waals surface area contributed by atoms with Crippen LogP contribution in [-0.4, -0.2) is 14.8 Å². The summed E-state index contributed by atoms with van der Waals surface area (Å²) in [6, 6.07) is 7.41. The highest BCUT2D eigenvalue weighted by molar-refractivity contribution is 6.30. The highest BCUT2D eigenvalue weighted by Crippen LogP contribution is 2.13. The summed E-state index contributed by atoms with van der Waals surface area (Å²) >= 11 is 5.80. The summed E-state index contributed by atoms with van der Waals surface area (Å²) in [4.78, 5) is 14.3. The van der Waals surface area contributed by atoms with Gasteiger partial charge in [-0.15, -0.1) is 0 Å². The highest BCUT2D eigenvalue weighted by atomic mass is 35.5. The van der Waals surface area contributed by atoms with Crippen molar-refractivity contribution in [2.45, 2.75) is 26.4 Å². The lowest BCUT2D eigenvalue weighted by Crippen LogP contribution is -2.19. The van der Waals surface area contributed by atoms with Crippen molar-refractivity contribution in [3.05, 3.63) is 45.6 Å². The summed E-state index contributed by atoms with van der Waals surface area (Å²) in [6.07, 6.45) is 0. The number of hydrogen-bond acceptors (Lipinski definition) is 3. The molecule has 0 saturated heterocycles. The number of rotatable bonds is 4. The zero-order chi connectivity index (χ0) is 13.1. The van der Waals surface area contributed by atoms with Crippen molar-refractivity contribution >= 4 is 17.3 Å². The molecule has 0 atom stereocenters. The third-order valence-electron chi connectivity index (χ3n) is 2.48. The third kappa shape index (κ3) is 2.92. The molecule has 0 fully saturated rings. The molecule has 1 heterocycles. The van der Waals surface area contributed by atoms with Gasteiger partial charge >= 0.3 is 5.69 Å². The van der Waals surface area contributed by atoms with E-state index < -0.39 is 0 Å². The zero-order valence-electron chi connectivity index (χ0n) is 10.3. The molecular weight excluding hydrogens is 252 g/mol. The molecule has 6 heteroatoms. The first kappa shape index (κ1) is 12.7. The Labute approximate surface area is 110 Å². The Bertz CT molecular complexity index is 571. The highest BCUT2D eigenvalue weighted by Gasteiger charge is 2.07. The van der Waals surface area contributed by atoms with Crippen LogP contribution in [0, 0.1) is 0 Å². The molecule has 18 heavy (non-hydrogen) atoms. The van der Waals surface area contributed by atoms with Crippen LogP contribution in [0.4, 0.5) is 5.69 Å². The lowest BCUT2D eigenvalue weighted by molar-refractivity contribution is 0.510. The second-order valence-corrected chi connectivity index (χ2v) is 4.71. The van der Waals surface area contributed by atoms with Crippen molar-refractivity contribution in [3.8, 4) is 0 Å². The Morgan fingerprint density at radius 2 is 2.06 bits per heavy atom. The topological polar surface area (TPSA) is 62.7 Å². The summed E-state index contributed by atoms with van der Waals surface area (Å²) in [6.45, 7) is 4.30. The van der Waals surface area contributed by atoms with Gasteiger partial charge in [0.05, 0.1) is 12.6 Å². The first-order valence-corrected chi connectivity index (χ1v) is 6.11. The molecule has 2 aromatic rings. The lowest BCUT2D eigenvalue weighted by Gasteiger charge is -2.04. The smallest absolute Gasteiger partial charge is 0.343 e. The molecule has 1 aromatic heterocycles. The number of nitrogens with zero attached hydrogens (tertiary/aromatic N) is 2. The lowest BCUT2D eigenvalue weighted by atomic mass is 10.3. The fourth-order valence-corrected chi connectivity index (χ4v) is 1.69. The average molecular weight is 267 g/mol. The predicted molar refractivity (Wildman–Crippen MR) is 72.0 cm³/mol. The van der Waals surface area contributed by atoms with Gasteiger partial charge in [0.25, 0.3) is 0 Å². The summed E-state index contributed by atoms with van der Waals surface area (Å²) in [5.74, 6) is 0.614. The largest absolute Gasteiger partial charge is 0.378 e. The molecule has 0 aliphatic carbocycles. The Hall–Kier alpha value is -1.75. The number of hydrogen-bond donors (Lipinski definition) is 2. The minimum absolute atomic E-state index is 0.0537. The van der Waals surface area contributed by atoms with Crippen molar-refractivity contribution in [2.75, 3.05) is 5.32 Å². The molecule has 0 bridgehead atoms. The van der Waals surface area contributed by atoms with Crippen molar-refractivity contribution in [2.24, 2.45) is 0 Å². The monoisotopic (exact) mass is 266 g/mol. The predicted octanol–water partition coefficient (Wildman–Crippen LogP) is 2.42. The molecule has 96 valence electrons. The van der Waals surface area contributed by atoms with E-state index in [1.807, 2.05) is 26.0 Å². The quantitative estimate of drug-likeness (QED) is 0.893. The molecule has 0 amide bonds. The van der Waals surface area contributed by atoms with Gasteiger partial charge in [0.15, 0.2) is 0 Å². The molecule has 0 spiro atoms. The average Bonchev–Trinajstić information content (AvgIpc) is 2.70. The van der Waals surface area contributed by atoms with Gasteiger partial charge in [-0.1, -0.05) is 11.6 Å². The summed E-state index contributed by atoms with van der Waals surface area (Å²) in [5.41, 5.74) is 0.747. The Kier molecular flexibility index (Phi) is 3.72. The van der Waals surface area contributed by atoms with E-state index in [-0.39, 0.29) is 11.7 Å². The van der Waals surface area contributed by atoms with Crippen LogP contribution >= 0.6 is 11.6 Å². The molecule has 0 saturated carbocycles. The maximum atomic E-state index is 11.5. The summed E-state index contributed by atoms with van der Waals surface area (Å²) in [5, 5.41) is 8.06. The van der Waals surface area contributed by atoms with Gasteiger partial charge in [-0.25, -0.2) is 9.48 Å². The molecule has 0 aliphatic heterocycles. The molecule has 0 unspecified atom stereocenters. The minimum atomic E-state index is -0.182. The van der Waals surface area contributed by atoms with Crippen molar-refractivity contribution < 1.29 is 0 Å². The van der Waals surface area contributed by atoms with Crippen LogP contribution < -0.4 is 11.0 Å². The molecule has 5 nitrogen and oxygen atoms in total.